The summed E-state index contributed by atoms with van der Waals surface area (Å²) in [6.07, 6.45) is 2.85. The van der Waals surface area contributed by atoms with Crippen molar-refractivity contribution in [2.24, 2.45) is 10.2 Å². The third-order valence-corrected chi connectivity index (χ3v) is 6.35. The molecular formula is C22H29N5O3S. The van der Waals surface area contributed by atoms with Gasteiger partial charge in [0.2, 0.25) is 0 Å². The summed E-state index contributed by atoms with van der Waals surface area (Å²) in [6, 6.07) is 4.32. The van der Waals surface area contributed by atoms with Crippen molar-refractivity contribution in [3.05, 3.63) is 45.4 Å². The number of likely N-dealkylation sites (N-methyl/N-ethyl adjacent to an activating group) is 1. The van der Waals surface area contributed by atoms with Crippen LogP contribution >= 0.6 is 11.8 Å². The van der Waals surface area contributed by atoms with Gasteiger partial charge < -0.3 is 9.64 Å². The summed E-state index contributed by atoms with van der Waals surface area (Å²) in [7, 11) is 1.26. The van der Waals surface area contributed by atoms with E-state index >= 15 is 0 Å². The molecule has 0 saturated carbocycles. The highest BCUT2D eigenvalue weighted by Gasteiger charge is 2.25. The first-order valence-electron chi connectivity index (χ1n) is 10.3. The first-order valence-corrected chi connectivity index (χ1v) is 11.2. The van der Waals surface area contributed by atoms with Crippen LogP contribution in [0.2, 0.25) is 0 Å². The second-order valence-electron chi connectivity index (χ2n) is 7.59. The number of amidine groups is 1. The molecule has 8 nitrogen and oxygen atoms in total. The molecule has 3 rings (SSSR count). The van der Waals surface area contributed by atoms with Gasteiger partial charge in [-0.2, -0.15) is 5.10 Å². The van der Waals surface area contributed by atoms with Crippen LogP contribution in [0.5, 0.6) is 0 Å². The fourth-order valence-corrected chi connectivity index (χ4v) is 4.29. The fraction of sp³-hybridized carbons (Fsp3) is 0.455. The number of rotatable bonds is 6. The van der Waals surface area contributed by atoms with Gasteiger partial charge in [-0.25, -0.2) is 4.79 Å². The lowest BCUT2D eigenvalue weighted by Gasteiger charge is -2.34. The Hall–Kier alpha value is -2.49. The molecule has 0 spiro atoms. The van der Waals surface area contributed by atoms with Gasteiger partial charge in [-0.05, 0) is 48.8 Å². The number of carbonyl (C=O) groups excluding carboxylic acids is 2. The Morgan fingerprint density at radius 3 is 2.61 bits per heavy atom. The van der Waals surface area contributed by atoms with Gasteiger partial charge in [-0.3, -0.25) is 15.0 Å². The first kappa shape index (κ1) is 23.2. The second-order valence-corrected chi connectivity index (χ2v) is 8.62. The number of nitrogens with zero attached hydrogens (tertiary/aromatic N) is 4. The molecular weight excluding hydrogens is 414 g/mol. The van der Waals surface area contributed by atoms with Crippen LogP contribution in [0.1, 0.15) is 29.2 Å². The number of methoxy groups -OCH3 is 1. The standard InChI is InChI=1S/C22H29N5O3S/c1-5-26-6-8-27(9-7-26)14-18-11-15(2)10-17(16(18)3)13-23-25-22-24-21(29)19(31-22)12-20(28)30-4/h10-13H,5-9,14H2,1-4H3,(H,24,25,29)/b19-12+,23-13?. The minimum atomic E-state index is -0.582. The lowest BCUT2D eigenvalue weighted by atomic mass is 9.99. The van der Waals surface area contributed by atoms with Crippen LogP contribution in [0.4, 0.5) is 0 Å². The molecule has 0 unspecified atom stereocenters. The van der Waals surface area contributed by atoms with E-state index in [1.165, 1.54) is 23.8 Å². The molecule has 1 aromatic carbocycles. The summed E-state index contributed by atoms with van der Waals surface area (Å²) in [4.78, 5) is 28.4. The number of amides is 1. The van der Waals surface area contributed by atoms with E-state index in [1.54, 1.807) is 6.21 Å². The fourth-order valence-electron chi connectivity index (χ4n) is 3.55. The van der Waals surface area contributed by atoms with Crippen molar-refractivity contribution in [1.82, 2.24) is 15.1 Å². The van der Waals surface area contributed by atoms with E-state index < -0.39 is 5.97 Å². The Bertz CT molecular complexity index is 933. The molecule has 0 radical (unpaired) electrons. The Morgan fingerprint density at radius 2 is 1.94 bits per heavy atom. The Morgan fingerprint density at radius 1 is 1.23 bits per heavy atom. The predicted octanol–water partition coefficient (Wildman–Crippen LogP) is 2.05. The van der Waals surface area contributed by atoms with Crippen LogP contribution < -0.4 is 5.32 Å². The number of ether oxygens (including phenoxy) is 1. The van der Waals surface area contributed by atoms with Gasteiger partial charge in [-0.1, -0.05) is 24.6 Å². The molecule has 0 bridgehead atoms. The molecule has 2 fully saturated rings. The SMILES string of the molecule is CCN1CCN(Cc2cc(C)cc(C=N/N=C3/NC(=O)/C(=C\C(=O)OC)S3)c2C)CC1. The number of thioether (sulfide) groups is 1. The number of benzene rings is 1. The van der Waals surface area contributed by atoms with Crippen LogP contribution in [-0.2, 0) is 20.9 Å². The van der Waals surface area contributed by atoms with E-state index in [1.807, 2.05) is 0 Å². The van der Waals surface area contributed by atoms with Gasteiger partial charge in [0.15, 0.2) is 5.17 Å². The van der Waals surface area contributed by atoms with Crippen molar-refractivity contribution in [2.45, 2.75) is 27.3 Å². The molecule has 1 N–H and O–H groups in total. The number of hydrogen-bond acceptors (Lipinski definition) is 8. The van der Waals surface area contributed by atoms with Crippen molar-refractivity contribution in [3.8, 4) is 0 Å². The van der Waals surface area contributed by atoms with Crippen molar-refractivity contribution in [2.75, 3.05) is 39.8 Å². The maximum Gasteiger partial charge on any atom is 0.331 e. The molecule has 1 amide bonds. The number of hydrogen-bond donors (Lipinski definition) is 1. The third-order valence-electron chi connectivity index (χ3n) is 5.45. The first-order chi connectivity index (χ1) is 14.9. The quantitative estimate of drug-likeness (QED) is 0.313. The van der Waals surface area contributed by atoms with Crippen LogP contribution in [0.15, 0.2) is 33.3 Å². The molecule has 1 aromatic rings. The normalized spacial score (nSPS) is 20.7. The monoisotopic (exact) mass is 443 g/mol. The minimum absolute atomic E-state index is 0.234. The van der Waals surface area contributed by atoms with Crippen LogP contribution in [0, 0.1) is 13.8 Å². The Labute approximate surface area is 187 Å². The van der Waals surface area contributed by atoms with Gasteiger partial charge in [-0.15, -0.1) is 5.10 Å². The number of carbonyl (C=O) groups is 2. The van der Waals surface area contributed by atoms with Crippen LogP contribution in [0.3, 0.4) is 0 Å². The van der Waals surface area contributed by atoms with E-state index in [2.05, 4.69) is 63.0 Å². The molecule has 2 heterocycles. The molecule has 0 aromatic heterocycles. The summed E-state index contributed by atoms with van der Waals surface area (Å²) in [5.41, 5.74) is 4.66. The number of aryl methyl sites for hydroxylation is 1. The maximum atomic E-state index is 11.9. The Balaban J connectivity index is 1.69. The highest BCUT2D eigenvalue weighted by atomic mass is 32.2. The molecule has 0 aliphatic carbocycles. The zero-order valence-electron chi connectivity index (χ0n) is 18.5. The summed E-state index contributed by atoms with van der Waals surface area (Å²) in [5.74, 6) is -0.969. The van der Waals surface area contributed by atoms with Crippen LogP contribution in [-0.4, -0.2) is 72.9 Å². The van der Waals surface area contributed by atoms with Crippen molar-refractivity contribution in [1.29, 1.82) is 0 Å². The number of piperazine rings is 1. The molecule has 166 valence electrons. The zero-order valence-corrected chi connectivity index (χ0v) is 19.3. The molecule has 2 aliphatic heterocycles. The van der Waals surface area contributed by atoms with E-state index in [4.69, 9.17) is 0 Å². The number of nitrogens with one attached hydrogen (secondary N) is 1. The molecule has 2 saturated heterocycles. The van der Waals surface area contributed by atoms with Gasteiger partial charge in [0, 0.05) is 38.8 Å². The van der Waals surface area contributed by atoms with E-state index in [0.717, 1.165) is 62.7 Å². The highest BCUT2D eigenvalue weighted by Crippen LogP contribution is 2.23. The highest BCUT2D eigenvalue weighted by molar-refractivity contribution is 8.18. The van der Waals surface area contributed by atoms with Gasteiger partial charge in [0.05, 0.1) is 18.2 Å². The molecule has 2 aliphatic rings. The van der Waals surface area contributed by atoms with Crippen molar-refractivity contribution in [3.63, 3.8) is 0 Å². The van der Waals surface area contributed by atoms with Crippen LogP contribution in [0.25, 0.3) is 0 Å². The van der Waals surface area contributed by atoms with Crippen molar-refractivity contribution >= 4 is 35.0 Å². The minimum Gasteiger partial charge on any atom is -0.466 e. The van der Waals surface area contributed by atoms with Crippen molar-refractivity contribution < 1.29 is 14.3 Å². The maximum absolute atomic E-state index is 11.9. The van der Waals surface area contributed by atoms with Gasteiger partial charge >= 0.3 is 5.97 Å². The third kappa shape index (κ3) is 6.25. The topological polar surface area (TPSA) is 86.6 Å². The summed E-state index contributed by atoms with van der Waals surface area (Å²) in [6.45, 7) is 12.8. The molecule has 31 heavy (non-hydrogen) atoms. The largest absolute Gasteiger partial charge is 0.466 e. The number of esters is 1. The van der Waals surface area contributed by atoms with Gasteiger partial charge in [0.1, 0.15) is 0 Å². The lowest BCUT2D eigenvalue weighted by Crippen LogP contribution is -2.45. The lowest BCUT2D eigenvalue weighted by molar-refractivity contribution is -0.135. The summed E-state index contributed by atoms with van der Waals surface area (Å²) < 4.78 is 4.55. The average molecular weight is 444 g/mol. The summed E-state index contributed by atoms with van der Waals surface area (Å²) in [5, 5.41) is 11.2. The molecule has 0 atom stereocenters. The molecule has 9 heteroatoms. The average Bonchev–Trinajstić information content (AvgIpc) is 3.10. The van der Waals surface area contributed by atoms with E-state index in [9.17, 15) is 9.59 Å². The van der Waals surface area contributed by atoms with E-state index in [-0.39, 0.29) is 10.8 Å². The zero-order chi connectivity index (χ0) is 22.4. The van der Waals surface area contributed by atoms with E-state index in [0.29, 0.717) is 5.17 Å². The summed E-state index contributed by atoms with van der Waals surface area (Å²) >= 11 is 1.06. The smallest absolute Gasteiger partial charge is 0.331 e. The second kappa shape index (κ2) is 10.7. The van der Waals surface area contributed by atoms with Gasteiger partial charge in [0.25, 0.3) is 5.91 Å². The predicted molar refractivity (Wildman–Crippen MR) is 124 cm³/mol. The Kier molecular flexibility index (Phi) is 8.00.